The Bertz CT molecular complexity index is 397. The smallest absolute Gasteiger partial charge is 0.158 e. The summed E-state index contributed by atoms with van der Waals surface area (Å²) in [6.45, 7) is 2.21. The van der Waals surface area contributed by atoms with Gasteiger partial charge in [-0.3, -0.25) is 0 Å². The van der Waals surface area contributed by atoms with Gasteiger partial charge in [0.1, 0.15) is 11.9 Å². The number of hydrogen-bond acceptors (Lipinski definition) is 5. The summed E-state index contributed by atoms with van der Waals surface area (Å²) in [4.78, 5) is 8.11. The number of anilines is 1. The molecule has 0 bridgehead atoms. The van der Waals surface area contributed by atoms with E-state index in [1.807, 2.05) is 6.07 Å². The minimum Gasteiger partial charge on any atom is -0.365 e. The number of nitrogens with zero attached hydrogens (tertiary/aromatic N) is 3. The van der Waals surface area contributed by atoms with Crippen molar-refractivity contribution in [1.82, 2.24) is 15.3 Å². The Balaban J connectivity index is 1.66. The molecular weight excluding hydrogens is 190 g/mol. The molecule has 76 valence electrons. The van der Waals surface area contributed by atoms with Gasteiger partial charge in [-0.05, 0) is 11.8 Å². The highest BCUT2D eigenvalue weighted by atomic mass is 15.1. The van der Waals surface area contributed by atoms with Crippen molar-refractivity contribution >= 4 is 5.82 Å². The third-order valence-corrected chi connectivity index (χ3v) is 3.17. The number of hydrogen-bond donors (Lipinski definition) is 2. The molecular formula is C10H11N5. The quantitative estimate of drug-likeness (QED) is 0.703. The summed E-state index contributed by atoms with van der Waals surface area (Å²) in [5.41, 5.74) is 0.359. The maximum atomic E-state index is 8.57. The van der Waals surface area contributed by atoms with Crippen LogP contribution < -0.4 is 10.6 Å². The summed E-state index contributed by atoms with van der Waals surface area (Å²) in [6.07, 6.45) is 3.12. The second kappa shape index (κ2) is 3.17. The Morgan fingerprint density at radius 2 is 2.13 bits per heavy atom. The normalized spacial score (nSPS) is 31.8. The van der Waals surface area contributed by atoms with E-state index < -0.39 is 0 Å². The summed E-state index contributed by atoms with van der Waals surface area (Å²) in [5.74, 6) is 2.28. The van der Waals surface area contributed by atoms with Gasteiger partial charge in [0, 0.05) is 19.1 Å². The monoisotopic (exact) mass is 201 g/mol. The van der Waals surface area contributed by atoms with Crippen LogP contribution in [-0.4, -0.2) is 29.1 Å². The van der Waals surface area contributed by atoms with E-state index in [1.54, 1.807) is 6.20 Å². The molecule has 3 rings (SSSR count). The van der Waals surface area contributed by atoms with E-state index in [2.05, 4.69) is 20.6 Å². The van der Waals surface area contributed by atoms with E-state index in [0.29, 0.717) is 11.7 Å². The van der Waals surface area contributed by atoms with Gasteiger partial charge < -0.3 is 10.6 Å². The molecule has 1 aliphatic carbocycles. The number of aromatic nitrogens is 2. The van der Waals surface area contributed by atoms with Gasteiger partial charge in [0.2, 0.25) is 0 Å². The highest BCUT2D eigenvalue weighted by molar-refractivity contribution is 5.38. The zero-order valence-electron chi connectivity index (χ0n) is 8.14. The Morgan fingerprint density at radius 3 is 2.73 bits per heavy atom. The van der Waals surface area contributed by atoms with Gasteiger partial charge in [-0.2, -0.15) is 5.26 Å². The standard InChI is InChI=1S/C10H11N5/c11-1-6-2-14-9(5-13-6)15-10-7-3-12-4-8(7)10/h2,5,7-8,10,12H,3-4H2,(H,14,15). The molecule has 2 atom stereocenters. The van der Waals surface area contributed by atoms with Gasteiger partial charge in [-0.1, -0.05) is 0 Å². The van der Waals surface area contributed by atoms with E-state index in [1.165, 1.54) is 6.20 Å². The molecule has 0 radical (unpaired) electrons. The first-order valence-corrected chi connectivity index (χ1v) is 5.08. The van der Waals surface area contributed by atoms with Gasteiger partial charge in [-0.15, -0.1) is 0 Å². The van der Waals surface area contributed by atoms with Crippen molar-refractivity contribution in [3.05, 3.63) is 18.1 Å². The maximum Gasteiger partial charge on any atom is 0.158 e. The lowest BCUT2D eigenvalue weighted by molar-refractivity contribution is 0.695. The minimum absolute atomic E-state index is 0.359. The summed E-state index contributed by atoms with van der Waals surface area (Å²) in [5, 5.41) is 15.3. The van der Waals surface area contributed by atoms with Crippen LogP contribution in [0, 0.1) is 23.2 Å². The molecule has 5 nitrogen and oxygen atoms in total. The van der Waals surface area contributed by atoms with Crippen LogP contribution in [0.2, 0.25) is 0 Å². The average molecular weight is 201 g/mol. The molecule has 1 saturated heterocycles. The summed E-state index contributed by atoms with van der Waals surface area (Å²) < 4.78 is 0. The van der Waals surface area contributed by atoms with Gasteiger partial charge in [0.05, 0.1) is 12.4 Å². The highest BCUT2D eigenvalue weighted by Gasteiger charge is 2.53. The first-order chi connectivity index (χ1) is 7.38. The van der Waals surface area contributed by atoms with Crippen LogP contribution >= 0.6 is 0 Å². The van der Waals surface area contributed by atoms with Crippen molar-refractivity contribution in [2.24, 2.45) is 11.8 Å². The first-order valence-electron chi connectivity index (χ1n) is 5.08. The largest absolute Gasteiger partial charge is 0.365 e. The molecule has 1 aliphatic heterocycles. The number of piperidine rings is 1. The molecule has 5 heteroatoms. The molecule has 1 saturated carbocycles. The van der Waals surface area contributed by atoms with E-state index in [-0.39, 0.29) is 0 Å². The molecule has 2 heterocycles. The van der Waals surface area contributed by atoms with E-state index in [0.717, 1.165) is 30.7 Å². The van der Waals surface area contributed by atoms with Crippen LogP contribution in [0.15, 0.2) is 12.4 Å². The molecule has 1 aromatic heterocycles. The highest BCUT2D eigenvalue weighted by Crippen LogP contribution is 2.43. The third kappa shape index (κ3) is 1.43. The fourth-order valence-electron chi connectivity index (χ4n) is 2.26. The predicted molar refractivity (Wildman–Crippen MR) is 54.0 cm³/mol. The molecule has 2 aliphatic rings. The fraction of sp³-hybridized carbons (Fsp3) is 0.500. The van der Waals surface area contributed by atoms with Crippen molar-refractivity contribution < 1.29 is 0 Å². The van der Waals surface area contributed by atoms with Crippen LogP contribution in [0.4, 0.5) is 5.82 Å². The van der Waals surface area contributed by atoms with Crippen LogP contribution in [0.1, 0.15) is 5.69 Å². The van der Waals surface area contributed by atoms with Gasteiger partial charge in [0.25, 0.3) is 0 Å². The van der Waals surface area contributed by atoms with Crippen LogP contribution in [0.3, 0.4) is 0 Å². The molecule has 15 heavy (non-hydrogen) atoms. The number of nitriles is 1. The fourth-order valence-corrected chi connectivity index (χ4v) is 2.26. The number of nitrogens with one attached hydrogen (secondary N) is 2. The van der Waals surface area contributed by atoms with Gasteiger partial charge >= 0.3 is 0 Å². The van der Waals surface area contributed by atoms with E-state index >= 15 is 0 Å². The van der Waals surface area contributed by atoms with Crippen LogP contribution in [0.25, 0.3) is 0 Å². The molecule has 0 amide bonds. The predicted octanol–water partition coefficient (Wildman–Crippen LogP) is -0.0220. The lowest BCUT2D eigenvalue weighted by Gasteiger charge is -2.07. The van der Waals surface area contributed by atoms with Gasteiger partial charge in [0.15, 0.2) is 5.69 Å². The second-order valence-electron chi connectivity index (χ2n) is 4.05. The topological polar surface area (TPSA) is 73.6 Å². The van der Waals surface area contributed by atoms with Crippen molar-refractivity contribution in [3.8, 4) is 6.07 Å². The maximum absolute atomic E-state index is 8.57. The lowest BCUT2D eigenvalue weighted by atomic mass is 10.4. The van der Waals surface area contributed by atoms with Crippen molar-refractivity contribution in [2.75, 3.05) is 18.4 Å². The molecule has 0 spiro atoms. The van der Waals surface area contributed by atoms with Gasteiger partial charge in [-0.25, -0.2) is 9.97 Å². The van der Waals surface area contributed by atoms with Crippen molar-refractivity contribution in [3.63, 3.8) is 0 Å². The molecule has 2 unspecified atom stereocenters. The Kier molecular flexibility index (Phi) is 1.82. The van der Waals surface area contributed by atoms with Crippen LogP contribution in [0.5, 0.6) is 0 Å². The molecule has 1 aromatic rings. The first kappa shape index (κ1) is 8.62. The molecule has 2 fully saturated rings. The zero-order chi connectivity index (χ0) is 10.3. The Morgan fingerprint density at radius 1 is 1.33 bits per heavy atom. The average Bonchev–Trinajstić information content (AvgIpc) is 2.75. The number of fused-ring (bicyclic) bond motifs is 1. The molecule has 0 aromatic carbocycles. The SMILES string of the molecule is N#Cc1cnc(NC2C3CNCC32)cn1. The Labute approximate surface area is 87.5 Å². The van der Waals surface area contributed by atoms with E-state index in [4.69, 9.17) is 5.26 Å². The summed E-state index contributed by atoms with van der Waals surface area (Å²) in [7, 11) is 0. The number of rotatable bonds is 2. The third-order valence-electron chi connectivity index (χ3n) is 3.17. The summed E-state index contributed by atoms with van der Waals surface area (Å²) in [6, 6.07) is 2.50. The molecule has 2 N–H and O–H groups in total. The lowest BCUT2D eigenvalue weighted by Crippen LogP contribution is -2.21. The second-order valence-corrected chi connectivity index (χ2v) is 4.05. The van der Waals surface area contributed by atoms with Crippen molar-refractivity contribution in [2.45, 2.75) is 6.04 Å². The Hall–Kier alpha value is -1.67. The minimum atomic E-state index is 0.359. The van der Waals surface area contributed by atoms with E-state index in [9.17, 15) is 0 Å². The zero-order valence-corrected chi connectivity index (χ0v) is 8.14. The van der Waals surface area contributed by atoms with Crippen LogP contribution in [-0.2, 0) is 0 Å². The summed E-state index contributed by atoms with van der Waals surface area (Å²) >= 11 is 0. The van der Waals surface area contributed by atoms with Crippen molar-refractivity contribution in [1.29, 1.82) is 5.26 Å².